The SMILES string of the molecule is O=C(O)c1cccc(CC2CCN(C(=O)C3CCCC3)C2)c1. The fraction of sp³-hybridized carbons (Fsp3) is 0.556. The van der Waals surface area contributed by atoms with E-state index in [1.165, 1.54) is 12.8 Å². The van der Waals surface area contributed by atoms with Crippen LogP contribution in [0.2, 0.25) is 0 Å². The zero-order valence-corrected chi connectivity index (χ0v) is 12.8. The second-order valence-corrected chi connectivity index (χ2v) is 6.63. The fourth-order valence-corrected chi connectivity index (χ4v) is 3.80. The summed E-state index contributed by atoms with van der Waals surface area (Å²) in [5, 5.41) is 9.05. The van der Waals surface area contributed by atoms with Gasteiger partial charge in [-0.25, -0.2) is 4.79 Å². The Morgan fingerprint density at radius 3 is 2.68 bits per heavy atom. The summed E-state index contributed by atoms with van der Waals surface area (Å²) in [6, 6.07) is 7.16. The molecule has 1 amide bonds. The van der Waals surface area contributed by atoms with Gasteiger partial charge in [0.2, 0.25) is 5.91 Å². The monoisotopic (exact) mass is 301 g/mol. The van der Waals surface area contributed by atoms with Crippen LogP contribution in [-0.4, -0.2) is 35.0 Å². The summed E-state index contributed by atoms with van der Waals surface area (Å²) in [5.74, 6) is 0.175. The summed E-state index contributed by atoms with van der Waals surface area (Å²) in [5.41, 5.74) is 1.40. The summed E-state index contributed by atoms with van der Waals surface area (Å²) in [4.78, 5) is 25.5. The molecule has 1 atom stereocenters. The molecule has 1 unspecified atom stereocenters. The molecule has 2 aliphatic rings. The summed E-state index contributed by atoms with van der Waals surface area (Å²) in [7, 11) is 0. The minimum atomic E-state index is -0.883. The van der Waals surface area contributed by atoms with Gasteiger partial charge in [0.25, 0.3) is 0 Å². The third-order valence-electron chi connectivity index (χ3n) is 5.00. The number of rotatable bonds is 4. The van der Waals surface area contributed by atoms with Crippen LogP contribution >= 0.6 is 0 Å². The first-order valence-corrected chi connectivity index (χ1v) is 8.24. The quantitative estimate of drug-likeness (QED) is 0.930. The molecule has 1 aliphatic carbocycles. The van der Waals surface area contributed by atoms with E-state index in [-0.39, 0.29) is 5.92 Å². The molecule has 1 N–H and O–H groups in total. The Kier molecular flexibility index (Phi) is 4.46. The van der Waals surface area contributed by atoms with E-state index < -0.39 is 5.97 Å². The molecule has 0 aromatic heterocycles. The molecule has 22 heavy (non-hydrogen) atoms. The van der Waals surface area contributed by atoms with Gasteiger partial charge < -0.3 is 10.0 Å². The van der Waals surface area contributed by atoms with Gasteiger partial charge in [-0.2, -0.15) is 0 Å². The summed E-state index contributed by atoms with van der Waals surface area (Å²) >= 11 is 0. The largest absolute Gasteiger partial charge is 0.478 e. The van der Waals surface area contributed by atoms with Gasteiger partial charge in [0, 0.05) is 19.0 Å². The van der Waals surface area contributed by atoms with Gasteiger partial charge >= 0.3 is 5.97 Å². The Morgan fingerprint density at radius 2 is 1.95 bits per heavy atom. The highest BCUT2D eigenvalue weighted by molar-refractivity contribution is 5.87. The van der Waals surface area contributed by atoms with Gasteiger partial charge in [0.1, 0.15) is 0 Å². The topological polar surface area (TPSA) is 57.6 Å². The van der Waals surface area contributed by atoms with Gasteiger partial charge in [-0.15, -0.1) is 0 Å². The second kappa shape index (κ2) is 6.51. The van der Waals surface area contributed by atoms with Crippen molar-refractivity contribution in [3.63, 3.8) is 0 Å². The molecular formula is C18H23NO3. The average molecular weight is 301 g/mol. The number of nitrogens with zero attached hydrogens (tertiary/aromatic N) is 1. The van der Waals surface area contributed by atoms with E-state index >= 15 is 0 Å². The molecule has 2 fully saturated rings. The number of carboxylic acid groups (broad SMARTS) is 1. The highest BCUT2D eigenvalue weighted by atomic mass is 16.4. The van der Waals surface area contributed by atoms with Crippen LogP contribution in [0.3, 0.4) is 0 Å². The lowest BCUT2D eigenvalue weighted by molar-refractivity contribution is -0.134. The minimum Gasteiger partial charge on any atom is -0.478 e. The van der Waals surface area contributed by atoms with Crippen LogP contribution < -0.4 is 0 Å². The van der Waals surface area contributed by atoms with Crippen LogP contribution in [0.15, 0.2) is 24.3 Å². The Bertz CT molecular complexity index is 563. The molecule has 1 saturated heterocycles. The first kappa shape index (κ1) is 15.1. The van der Waals surface area contributed by atoms with E-state index in [2.05, 4.69) is 0 Å². The molecule has 118 valence electrons. The average Bonchev–Trinajstić information content (AvgIpc) is 3.18. The smallest absolute Gasteiger partial charge is 0.335 e. The molecule has 1 aromatic carbocycles. The number of carbonyl (C=O) groups excluding carboxylic acids is 1. The zero-order chi connectivity index (χ0) is 15.5. The molecule has 0 spiro atoms. The van der Waals surface area contributed by atoms with E-state index in [0.717, 1.165) is 44.3 Å². The predicted octanol–water partition coefficient (Wildman–Crippen LogP) is 2.97. The lowest BCUT2D eigenvalue weighted by Gasteiger charge is -2.20. The first-order chi connectivity index (χ1) is 10.6. The van der Waals surface area contributed by atoms with E-state index in [0.29, 0.717) is 17.4 Å². The van der Waals surface area contributed by atoms with Crippen molar-refractivity contribution < 1.29 is 14.7 Å². The summed E-state index contributed by atoms with van der Waals surface area (Å²) in [6.45, 7) is 1.69. The third kappa shape index (κ3) is 3.32. The molecule has 4 nitrogen and oxygen atoms in total. The molecule has 1 aliphatic heterocycles. The lowest BCUT2D eigenvalue weighted by Crippen LogP contribution is -2.33. The van der Waals surface area contributed by atoms with Crippen LogP contribution in [0.25, 0.3) is 0 Å². The van der Waals surface area contributed by atoms with Crippen molar-refractivity contribution in [2.45, 2.75) is 38.5 Å². The summed E-state index contributed by atoms with van der Waals surface area (Å²) < 4.78 is 0. The number of hydrogen-bond acceptors (Lipinski definition) is 2. The van der Waals surface area contributed by atoms with Crippen LogP contribution in [-0.2, 0) is 11.2 Å². The zero-order valence-electron chi connectivity index (χ0n) is 12.8. The van der Waals surface area contributed by atoms with Gasteiger partial charge in [-0.3, -0.25) is 4.79 Å². The predicted molar refractivity (Wildman–Crippen MR) is 83.8 cm³/mol. The number of hydrogen-bond donors (Lipinski definition) is 1. The first-order valence-electron chi connectivity index (χ1n) is 8.24. The maximum Gasteiger partial charge on any atom is 0.335 e. The third-order valence-corrected chi connectivity index (χ3v) is 5.00. The van der Waals surface area contributed by atoms with E-state index in [1.54, 1.807) is 18.2 Å². The maximum absolute atomic E-state index is 12.4. The Hall–Kier alpha value is -1.84. The molecule has 1 aromatic rings. The highest BCUT2D eigenvalue weighted by Gasteiger charge is 2.32. The minimum absolute atomic E-state index is 0.258. The number of aromatic carboxylic acids is 1. The van der Waals surface area contributed by atoms with Crippen molar-refractivity contribution in [2.75, 3.05) is 13.1 Å². The Balaban J connectivity index is 1.57. The van der Waals surface area contributed by atoms with Crippen LogP contribution in [0, 0.1) is 11.8 Å². The van der Waals surface area contributed by atoms with E-state index in [9.17, 15) is 9.59 Å². The molecule has 4 heteroatoms. The van der Waals surface area contributed by atoms with Gasteiger partial charge in [0.15, 0.2) is 0 Å². The number of carboxylic acids is 1. The molecular weight excluding hydrogens is 278 g/mol. The molecule has 1 saturated carbocycles. The van der Waals surface area contributed by atoms with Crippen LogP contribution in [0.1, 0.15) is 48.0 Å². The number of amides is 1. The van der Waals surface area contributed by atoms with Gasteiger partial charge in [0.05, 0.1) is 5.56 Å². The highest BCUT2D eigenvalue weighted by Crippen LogP contribution is 2.29. The number of benzene rings is 1. The van der Waals surface area contributed by atoms with Crippen molar-refractivity contribution in [3.8, 4) is 0 Å². The van der Waals surface area contributed by atoms with Gasteiger partial charge in [-0.1, -0.05) is 25.0 Å². The molecule has 0 bridgehead atoms. The van der Waals surface area contributed by atoms with Crippen molar-refractivity contribution in [3.05, 3.63) is 35.4 Å². The van der Waals surface area contributed by atoms with Crippen molar-refractivity contribution >= 4 is 11.9 Å². The standard InChI is InChI=1S/C18H23NO3/c20-17(15-5-1-2-6-15)19-9-8-14(12-19)10-13-4-3-7-16(11-13)18(21)22/h3-4,7,11,14-15H,1-2,5-6,8-10,12H2,(H,21,22). The molecule has 3 rings (SSSR count). The van der Waals surface area contributed by atoms with Crippen molar-refractivity contribution in [1.82, 2.24) is 4.90 Å². The van der Waals surface area contributed by atoms with Gasteiger partial charge in [-0.05, 0) is 49.3 Å². The van der Waals surface area contributed by atoms with Crippen molar-refractivity contribution in [1.29, 1.82) is 0 Å². The van der Waals surface area contributed by atoms with E-state index in [1.807, 2.05) is 11.0 Å². The Labute approximate surface area is 131 Å². The number of carbonyl (C=O) groups is 2. The summed E-state index contributed by atoms with van der Waals surface area (Å²) in [6.07, 6.45) is 6.37. The van der Waals surface area contributed by atoms with Crippen molar-refractivity contribution in [2.24, 2.45) is 11.8 Å². The van der Waals surface area contributed by atoms with Crippen LogP contribution in [0.5, 0.6) is 0 Å². The molecule has 1 heterocycles. The normalized spacial score (nSPS) is 22.2. The molecule has 0 radical (unpaired) electrons. The fourth-order valence-electron chi connectivity index (χ4n) is 3.80. The van der Waals surface area contributed by atoms with Crippen LogP contribution in [0.4, 0.5) is 0 Å². The number of likely N-dealkylation sites (tertiary alicyclic amines) is 1. The Morgan fingerprint density at radius 1 is 1.18 bits per heavy atom. The maximum atomic E-state index is 12.4. The van der Waals surface area contributed by atoms with E-state index in [4.69, 9.17) is 5.11 Å². The lowest BCUT2D eigenvalue weighted by atomic mass is 9.97. The second-order valence-electron chi connectivity index (χ2n) is 6.63.